The van der Waals surface area contributed by atoms with Crippen LogP contribution in [-0.2, 0) is 19.1 Å². The predicted molar refractivity (Wildman–Crippen MR) is 129 cm³/mol. The van der Waals surface area contributed by atoms with Crippen LogP contribution in [0.5, 0.6) is 17.2 Å². The molecular weight excluding hydrogens is 538 g/mol. The minimum atomic E-state index is -4.34. The van der Waals surface area contributed by atoms with Crippen LogP contribution in [0.4, 0.5) is 13.2 Å². The van der Waals surface area contributed by atoms with Gasteiger partial charge in [0.15, 0.2) is 17.5 Å². The van der Waals surface area contributed by atoms with Crippen LogP contribution in [-0.4, -0.2) is 40.4 Å². The average Bonchev–Trinajstić information content (AvgIpc) is 2.76. The maximum Gasteiger partial charge on any atom is 0.416 e. The molecule has 0 atom stereocenters. The molecule has 10 heteroatoms. The molecule has 6 nitrogen and oxygen atoms in total. The molecule has 0 fully saturated rings. The molecule has 0 aliphatic carbocycles. The summed E-state index contributed by atoms with van der Waals surface area (Å²) in [6.45, 7) is 3.41. The molecule has 0 amide bonds. The molecule has 0 aliphatic rings. The van der Waals surface area contributed by atoms with Crippen molar-refractivity contribution in [2.75, 3.05) is 34.4 Å². The number of alkyl halides is 3. The molecule has 178 valence electrons. The Labute approximate surface area is 203 Å². The molecule has 2 N–H and O–H groups in total. The van der Waals surface area contributed by atoms with Gasteiger partial charge in [-0.2, -0.15) is 13.2 Å². The molecule has 0 radical (unpaired) electrons. The van der Waals surface area contributed by atoms with Gasteiger partial charge in [0, 0.05) is 18.7 Å². The van der Waals surface area contributed by atoms with Gasteiger partial charge in [-0.15, -0.1) is 24.0 Å². The molecular formula is C22H29F3IN3O3. The summed E-state index contributed by atoms with van der Waals surface area (Å²) in [6, 6.07) is 8.73. The Morgan fingerprint density at radius 3 is 2.09 bits per heavy atom. The van der Waals surface area contributed by atoms with Crippen molar-refractivity contribution in [2.24, 2.45) is 4.99 Å². The molecule has 32 heavy (non-hydrogen) atoms. The van der Waals surface area contributed by atoms with Crippen molar-refractivity contribution in [1.29, 1.82) is 0 Å². The normalized spacial score (nSPS) is 11.4. The van der Waals surface area contributed by atoms with Crippen LogP contribution in [0.2, 0.25) is 0 Å². The summed E-state index contributed by atoms with van der Waals surface area (Å²) >= 11 is 0. The second-order valence-electron chi connectivity index (χ2n) is 6.56. The number of aliphatic imine (C=N–C) groups is 1. The third kappa shape index (κ3) is 7.64. The molecule has 0 saturated carbocycles. The zero-order chi connectivity index (χ0) is 22.9. The first-order chi connectivity index (χ1) is 14.8. The highest BCUT2D eigenvalue weighted by Gasteiger charge is 2.29. The predicted octanol–water partition coefficient (Wildman–Crippen LogP) is 4.65. The van der Waals surface area contributed by atoms with E-state index in [-0.39, 0.29) is 30.5 Å². The van der Waals surface area contributed by atoms with Crippen LogP contribution in [0.15, 0.2) is 41.4 Å². The summed E-state index contributed by atoms with van der Waals surface area (Å²) in [5.41, 5.74) is 0.951. The molecule has 0 bridgehead atoms. The van der Waals surface area contributed by atoms with E-state index in [1.807, 2.05) is 19.1 Å². The molecule has 0 aliphatic heterocycles. The Morgan fingerprint density at radius 1 is 0.906 bits per heavy atom. The molecule has 0 saturated heterocycles. The van der Waals surface area contributed by atoms with E-state index in [4.69, 9.17) is 14.2 Å². The lowest BCUT2D eigenvalue weighted by molar-refractivity contribution is -0.137. The van der Waals surface area contributed by atoms with E-state index in [0.717, 1.165) is 17.7 Å². The highest BCUT2D eigenvalue weighted by atomic mass is 127. The van der Waals surface area contributed by atoms with Crippen LogP contribution in [0, 0.1) is 0 Å². The van der Waals surface area contributed by atoms with Gasteiger partial charge in [-0.1, -0.05) is 18.2 Å². The van der Waals surface area contributed by atoms with Crippen LogP contribution in [0.25, 0.3) is 0 Å². The Balaban J connectivity index is 0.00000512. The summed E-state index contributed by atoms with van der Waals surface area (Å²) in [5.74, 6) is 2.30. The van der Waals surface area contributed by atoms with Gasteiger partial charge in [-0.05, 0) is 37.1 Å². The van der Waals surface area contributed by atoms with Gasteiger partial charge >= 0.3 is 6.18 Å². The minimum Gasteiger partial charge on any atom is -0.493 e. The molecule has 2 aromatic carbocycles. The Hall–Kier alpha value is -2.37. The van der Waals surface area contributed by atoms with Gasteiger partial charge in [0.25, 0.3) is 0 Å². The Bertz CT molecular complexity index is 875. The van der Waals surface area contributed by atoms with E-state index >= 15 is 0 Å². The number of methoxy groups -OCH3 is 3. The third-order valence-corrected chi connectivity index (χ3v) is 4.52. The zero-order valence-electron chi connectivity index (χ0n) is 18.5. The van der Waals surface area contributed by atoms with Crippen LogP contribution in [0.3, 0.4) is 0 Å². The number of guanidine groups is 1. The third-order valence-electron chi connectivity index (χ3n) is 4.52. The van der Waals surface area contributed by atoms with Gasteiger partial charge in [0.2, 0.25) is 5.75 Å². The van der Waals surface area contributed by atoms with Gasteiger partial charge in [-0.3, -0.25) is 0 Å². The number of rotatable bonds is 9. The molecule has 2 aromatic rings. The van der Waals surface area contributed by atoms with Gasteiger partial charge in [0.05, 0.1) is 33.4 Å². The second kappa shape index (κ2) is 13.2. The standard InChI is InChI=1S/C22H28F3N3O3.HI/c1-5-26-21(28-14-15-6-9-17(10-7-15)22(23,24)25)27-13-12-16-8-11-18(29-2)20(31-4)19(16)30-3;/h6-11H,5,12-14H2,1-4H3,(H2,26,27,28);1H. The number of ether oxygens (including phenoxy) is 3. The van der Waals surface area contributed by atoms with Crippen LogP contribution >= 0.6 is 24.0 Å². The first-order valence-corrected chi connectivity index (χ1v) is 9.80. The molecule has 0 spiro atoms. The molecule has 0 aromatic heterocycles. The fourth-order valence-corrected chi connectivity index (χ4v) is 2.99. The van der Waals surface area contributed by atoms with Gasteiger partial charge in [-0.25, -0.2) is 4.99 Å². The van der Waals surface area contributed by atoms with E-state index in [0.29, 0.717) is 48.3 Å². The topological polar surface area (TPSA) is 64.1 Å². The number of hydrogen-bond acceptors (Lipinski definition) is 4. The highest BCUT2D eigenvalue weighted by Crippen LogP contribution is 2.39. The number of benzene rings is 2. The highest BCUT2D eigenvalue weighted by molar-refractivity contribution is 14.0. The van der Waals surface area contributed by atoms with E-state index in [2.05, 4.69) is 15.6 Å². The smallest absolute Gasteiger partial charge is 0.416 e. The number of nitrogens with zero attached hydrogens (tertiary/aromatic N) is 1. The monoisotopic (exact) mass is 567 g/mol. The molecule has 0 unspecified atom stereocenters. The van der Waals surface area contributed by atoms with Gasteiger partial charge < -0.3 is 24.8 Å². The van der Waals surface area contributed by atoms with Crippen molar-refractivity contribution < 1.29 is 27.4 Å². The number of halogens is 4. The zero-order valence-corrected chi connectivity index (χ0v) is 20.8. The Kier molecular flexibility index (Phi) is 11.4. The van der Waals surface area contributed by atoms with Gasteiger partial charge in [0.1, 0.15) is 0 Å². The summed E-state index contributed by atoms with van der Waals surface area (Å²) in [4.78, 5) is 4.45. The summed E-state index contributed by atoms with van der Waals surface area (Å²) < 4.78 is 54.3. The van der Waals surface area contributed by atoms with Crippen LogP contribution < -0.4 is 24.8 Å². The first-order valence-electron chi connectivity index (χ1n) is 9.80. The van der Waals surface area contributed by atoms with E-state index in [1.165, 1.54) is 12.1 Å². The van der Waals surface area contributed by atoms with E-state index in [1.54, 1.807) is 21.3 Å². The van der Waals surface area contributed by atoms with Crippen molar-refractivity contribution in [3.8, 4) is 17.2 Å². The lowest BCUT2D eigenvalue weighted by Gasteiger charge is -2.16. The molecule has 2 rings (SSSR count). The Morgan fingerprint density at radius 2 is 1.56 bits per heavy atom. The quantitative estimate of drug-likeness (QED) is 0.263. The van der Waals surface area contributed by atoms with Crippen molar-refractivity contribution in [3.63, 3.8) is 0 Å². The van der Waals surface area contributed by atoms with E-state index < -0.39 is 11.7 Å². The van der Waals surface area contributed by atoms with E-state index in [9.17, 15) is 13.2 Å². The average molecular weight is 567 g/mol. The maximum atomic E-state index is 12.7. The molecule has 0 heterocycles. The van der Waals surface area contributed by atoms with Crippen molar-refractivity contribution in [1.82, 2.24) is 10.6 Å². The minimum absolute atomic E-state index is 0. The summed E-state index contributed by atoms with van der Waals surface area (Å²) in [5, 5.41) is 6.35. The number of hydrogen-bond donors (Lipinski definition) is 2. The first kappa shape index (κ1) is 27.7. The number of nitrogens with one attached hydrogen (secondary N) is 2. The maximum absolute atomic E-state index is 12.7. The van der Waals surface area contributed by atoms with Crippen molar-refractivity contribution in [2.45, 2.75) is 26.1 Å². The SMILES string of the molecule is CCNC(=NCc1ccc(C(F)(F)F)cc1)NCCc1ccc(OC)c(OC)c1OC.I. The fraction of sp³-hybridized carbons (Fsp3) is 0.409. The van der Waals surface area contributed by atoms with Crippen molar-refractivity contribution >= 4 is 29.9 Å². The largest absolute Gasteiger partial charge is 0.493 e. The summed E-state index contributed by atoms with van der Waals surface area (Å²) in [6.07, 6.45) is -3.71. The fourth-order valence-electron chi connectivity index (χ4n) is 2.99. The van der Waals surface area contributed by atoms with Crippen molar-refractivity contribution in [3.05, 3.63) is 53.1 Å². The second-order valence-corrected chi connectivity index (χ2v) is 6.56. The summed E-state index contributed by atoms with van der Waals surface area (Å²) in [7, 11) is 4.69. The lowest BCUT2D eigenvalue weighted by Crippen LogP contribution is -2.38. The lowest BCUT2D eigenvalue weighted by atomic mass is 10.1. The van der Waals surface area contributed by atoms with Crippen LogP contribution in [0.1, 0.15) is 23.6 Å².